The third-order valence-electron chi connectivity index (χ3n) is 4.28. The Labute approximate surface area is 142 Å². The summed E-state index contributed by atoms with van der Waals surface area (Å²) >= 11 is 0. The third-order valence-corrected chi connectivity index (χ3v) is 4.28. The number of anilines is 1. The third kappa shape index (κ3) is 2.50. The summed E-state index contributed by atoms with van der Waals surface area (Å²) in [6, 6.07) is 9.11. The van der Waals surface area contributed by atoms with Crippen LogP contribution in [0.5, 0.6) is 5.75 Å². The van der Waals surface area contributed by atoms with Crippen molar-refractivity contribution in [3.63, 3.8) is 0 Å². The molecule has 0 bridgehead atoms. The van der Waals surface area contributed by atoms with Crippen LogP contribution in [-0.4, -0.2) is 17.3 Å². The highest BCUT2D eigenvalue weighted by atomic mass is 16.6. The molecule has 0 aliphatic carbocycles. The summed E-state index contributed by atoms with van der Waals surface area (Å²) in [5.41, 5.74) is 7.84. The quantitative estimate of drug-likeness (QED) is 0.445. The Bertz CT molecular complexity index is 1020. The molecule has 2 aromatic carbocycles. The average Bonchev–Trinajstić information content (AvgIpc) is 2.95. The molecule has 25 heavy (non-hydrogen) atoms. The van der Waals surface area contributed by atoms with Crippen LogP contribution in [0.4, 0.5) is 11.4 Å². The number of nitrogens with two attached hydrogens (primary N) is 1. The van der Waals surface area contributed by atoms with Gasteiger partial charge < -0.3 is 14.9 Å². The van der Waals surface area contributed by atoms with E-state index in [0.29, 0.717) is 17.6 Å². The number of fused-ring (bicyclic) bond motifs is 2. The molecular formula is C18H14N2O5. The van der Waals surface area contributed by atoms with Gasteiger partial charge in [-0.05, 0) is 24.5 Å². The number of nitrogen functional groups attached to an aromatic ring is 1. The van der Waals surface area contributed by atoms with Gasteiger partial charge in [-0.15, -0.1) is 0 Å². The molecule has 7 heteroatoms. The highest BCUT2D eigenvalue weighted by Crippen LogP contribution is 2.36. The van der Waals surface area contributed by atoms with Gasteiger partial charge in [-0.3, -0.25) is 14.9 Å². The second-order valence-corrected chi connectivity index (χ2v) is 5.89. The van der Waals surface area contributed by atoms with Crippen molar-refractivity contribution in [3.8, 4) is 5.75 Å². The first-order valence-electron chi connectivity index (χ1n) is 7.81. The molecule has 0 atom stereocenters. The molecule has 1 aliphatic heterocycles. The van der Waals surface area contributed by atoms with E-state index in [2.05, 4.69) is 0 Å². The summed E-state index contributed by atoms with van der Waals surface area (Å²) in [5, 5.41) is 11.6. The fourth-order valence-corrected chi connectivity index (χ4v) is 3.02. The summed E-state index contributed by atoms with van der Waals surface area (Å²) in [7, 11) is 0. The Hall–Kier alpha value is -3.35. The van der Waals surface area contributed by atoms with Crippen molar-refractivity contribution in [2.75, 3.05) is 12.3 Å². The second-order valence-electron chi connectivity index (χ2n) is 5.89. The predicted octanol–water partition coefficient (Wildman–Crippen LogP) is 3.48. The SMILES string of the molecule is Nc1c(C(=O)c2cccc([N+](=O)[O-])c2)oc2cc3c(cc12)CCCO3. The topological polar surface area (TPSA) is 109 Å². The van der Waals surface area contributed by atoms with E-state index in [4.69, 9.17) is 14.9 Å². The Kier molecular flexibility index (Phi) is 3.42. The standard InChI is InChI=1S/C18H14N2O5/c19-16-13-8-10-4-2-6-24-14(10)9-15(13)25-18(16)17(21)11-3-1-5-12(7-11)20(22)23/h1,3,5,7-9H,2,4,6,19H2. The van der Waals surface area contributed by atoms with E-state index in [1.165, 1.54) is 24.3 Å². The average molecular weight is 338 g/mol. The molecular weight excluding hydrogens is 324 g/mol. The van der Waals surface area contributed by atoms with Gasteiger partial charge >= 0.3 is 0 Å². The first-order chi connectivity index (χ1) is 12.0. The van der Waals surface area contributed by atoms with E-state index in [1.807, 2.05) is 6.07 Å². The Morgan fingerprint density at radius 2 is 2.08 bits per heavy atom. The Morgan fingerprint density at radius 1 is 1.24 bits per heavy atom. The molecule has 4 rings (SSSR count). The molecule has 1 aromatic heterocycles. The summed E-state index contributed by atoms with van der Waals surface area (Å²) in [6.45, 7) is 0.647. The minimum atomic E-state index is -0.551. The molecule has 2 heterocycles. The van der Waals surface area contributed by atoms with Crippen molar-refractivity contribution in [1.82, 2.24) is 0 Å². The fraction of sp³-hybridized carbons (Fsp3) is 0.167. The van der Waals surface area contributed by atoms with E-state index in [1.54, 1.807) is 6.07 Å². The van der Waals surface area contributed by atoms with Crippen molar-refractivity contribution in [2.24, 2.45) is 0 Å². The van der Waals surface area contributed by atoms with Gasteiger partial charge in [-0.25, -0.2) is 0 Å². The zero-order valence-electron chi connectivity index (χ0n) is 13.2. The van der Waals surface area contributed by atoms with Gasteiger partial charge in [0.15, 0.2) is 5.76 Å². The van der Waals surface area contributed by atoms with Crippen LogP contribution in [0.3, 0.4) is 0 Å². The van der Waals surface area contributed by atoms with Crippen LogP contribution in [0.25, 0.3) is 11.0 Å². The van der Waals surface area contributed by atoms with Crippen molar-refractivity contribution >= 4 is 28.1 Å². The summed E-state index contributed by atoms with van der Waals surface area (Å²) < 4.78 is 11.3. The minimum Gasteiger partial charge on any atom is -0.493 e. The number of hydrogen-bond donors (Lipinski definition) is 1. The minimum absolute atomic E-state index is 0.0159. The summed E-state index contributed by atoms with van der Waals surface area (Å²) in [5.74, 6) is 0.232. The van der Waals surface area contributed by atoms with Crippen LogP contribution in [0.15, 0.2) is 40.8 Å². The smallest absolute Gasteiger partial charge is 0.270 e. The maximum absolute atomic E-state index is 12.7. The first-order valence-corrected chi connectivity index (χ1v) is 7.81. The van der Waals surface area contributed by atoms with Gasteiger partial charge in [0.2, 0.25) is 5.78 Å². The molecule has 7 nitrogen and oxygen atoms in total. The number of ether oxygens (including phenoxy) is 1. The van der Waals surface area contributed by atoms with Crippen molar-refractivity contribution in [2.45, 2.75) is 12.8 Å². The number of carbonyl (C=O) groups is 1. The van der Waals surface area contributed by atoms with Crippen molar-refractivity contribution in [3.05, 3.63) is 63.4 Å². The number of rotatable bonds is 3. The Balaban J connectivity index is 1.81. The lowest BCUT2D eigenvalue weighted by atomic mass is 10.0. The predicted molar refractivity (Wildman–Crippen MR) is 91.0 cm³/mol. The van der Waals surface area contributed by atoms with Crippen molar-refractivity contribution < 1.29 is 18.9 Å². The second kappa shape index (κ2) is 5.62. The highest BCUT2D eigenvalue weighted by molar-refractivity contribution is 6.14. The van der Waals surface area contributed by atoms with Gasteiger partial charge in [0.05, 0.1) is 17.2 Å². The lowest BCUT2D eigenvalue weighted by Crippen LogP contribution is -2.07. The molecule has 1 aliphatic rings. The maximum atomic E-state index is 12.7. The van der Waals surface area contributed by atoms with Gasteiger partial charge in [-0.1, -0.05) is 12.1 Å². The monoisotopic (exact) mass is 338 g/mol. The number of carbonyl (C=O) groups excluding carboxylic acids is 1. The lowest BCUT2D eigenvalue weighted by molar-refractivity contribution is -0.384. The number of nitro benzene ring substituents is 1. The van der Waals surface area contributed by atoms with Gasteiger partial charge in [0.1, 0.15) is 11.3 Å². The summed E-state index contributed by atoms with van der Waals surface area (Å²) in [4.78, 5) is 23.1. The molecule has 0 unspecified atom stereocenters. The molecule has 0 fully saturated rings. The van der Waals surface area contributed by atoms with Crippen LogP contribution in [0.2, 0.25) is 0 Å². The molecule has 0 spiro atoms. The summed E-state index contributed by atoms with van der Waals surface area (Å²) in [6.07, 6.45) is 1.81. The molecule has 0 saturated carbocycles. The number of hydrogen-bond acceptors (Lipinski definition) is 6. The zero-order chi connectivity index (χ0) is 17.6. The van der Waals surface area contributed by atoms with Crippen LogP contribution in [0, 0.1) is 10.1 Å². The number of nitrogens with zero attached hydrogens (tertiary/aromatic N) is 1. The zero-order valence-corrected chi connectivity index (χ0v) is 13.2. The number of furan rings is 1. The number of aryl methyl sites for hydroxylation is 1. The molecule has 0 saturated heterocycles. The molecule has 2 N–H and O–H groups in total. The Morgan fingerprint density at radius 3 is 2.88 bits per heavy atom. The fourth-order valence-electron chi connectivity index (χ4n) is 3.02. The molecule has 126 valence electrons. The highest BCUT2D eigenvalue weighted by Gasteiger charge is 2.23. The number of ketones is 1. The number of nitro groups is 1. The van der Waals surface area contributed by atoms with Gasteiger partial charge in [0.25, 0.3) is 5.69 Å². The largest absolute Gasteiger partial charge is 0.493 e. The first kappa shape index (κ1) is 15.2. The lowest BCUT2D eigenvalue weighted by Gasteiger charge is -2.16. The van der Waals surface area contributed by atoms with Gasteiger partial charge in [-0.2, -0.15) is 0 Å². The normalized spacial score (nSPS) is 13.3. The number of non-ortho nitro benzene ring substituents is 1. The van der Waals surface area contributed by atoms with E-state index < -0.39 is 10.7 Å². The number of benzene rings is 2. The maximum Gasteiger partial charge on any atom is 0.270 e. The molecule has 0 radical (unpaired) electrons. The van der Waals surface area contributed by atoms with Crippen molar-refractivity contribution in [1.29, 1.82) is 0 Å². The van der Waals surface area contributed by atoms with E-state index >= 15 is 0 Å². The molecule has 3 aromatic rings. The van der Waals surface area contributed by atoms with E-state index in [0.717, 1.165) is 24.2 Å². The van der Waals surface area contributed by atoms with E-state index in [-0.39, 0.29) is 22.7 Å². The molecule has 0 amide bonds. The van der Waals surface area contributed by atoms with Gasteiger partial charge in [0, 0.05) is 29.1 Å². The van der Waals surface area contributed by atoms with Crippen LogP contribution < -0.4 is 10.5 Å². The van der Waals surface area contributed by atoms with Crippen LogP contribution in [0.1, 0.15) is 28.1 Å². The van der Waals surface area contributed by atoms with Crippen LogP contribution in [-0.2, 0) is 6.42 Å². The van der Waals surface area contributed by atoms with Crippen LogP contribution >= 0.6 is 0 Å². The van der Waals surface area contributed by atoms with E-state index in [9.17, 15) is 14.9 Å².